The Morgan fingerprint density at radius 2 is 1.64 bits per heavy atom. The molecule has 7 nitrogen and oxygen atoms in total. The molecule has 0 atom stereocenters. The van der Waals surface area contributed by atoms with E-state index in [9.17, 15) is 14.7 Å². The Morgan fingerprint density at radius 1 is 0.964 bits per heavy atom. The van der Waals surface area contributed by atoms with Gasteiger partial charge in [-0.05, 0) is 62.1 Å². The molecule has 2 aromatic carbocycles. The SMILES string of the molecule is N#Cc1cccc(NC(=O)c2cccc(NC(=O)NC3CCC(O)CC3)c2)c1. The highest BCUT2D eigenvalue weighted by Gasteiger charge is 2.20. The first-order valence-electron chi connectivity index (χ1n) is 9.20. The number of nitrogens with zero attached hydrogens (tertiary/aromatic N) is 1. The van der Waals surface area contributed by atoms with Crippen LogP contribution >= 0.6 is 0 Å². The van der Waals surface area contributed by atoms with Crippen molar-refractivity contribution in [1.29, 1.82) is 5.26 Å². The number of hydrogen-bond acceptors (Lipinski definition) is 4. The van der Waals surface area contributed by atoms with E-state index in [4.69, 9.17) is 5.26 Å². The minimum absolute atomic E-state index is 0.0438. The van der Waals surface area contributed by atoms with Crippen LogP contribution in [-0.4, -0.2) is 29.2 Å². The molecule has 0 aromatic heterocycles. The minimum atomic E-state index is -0.333. The van der Waals surface area contributed by atoms with Gasteiger partial charge in [0, 0.05) is 23.0 Å². The lowest BCUT2D eigenvalue weighted by Crippen LogP contribution is -2.40. The number of anilines is 2. The molecule has 0 spiro atoms. The molecule has 1 aliphatic carbocycles. The fourth-order valence-electron chi connectivity index (χ4n) is 3.18. The maximum atomic E-state index is 12.5. The van der Waals surface area contributed by atoms with Gasteiger partial charge in [-0.25, -0.2) is 4.79 Å². The third-order valence-electron chi connectivity index (χ3n) is 4.66. The van der Waals surface area contributed by atoms with Gasteiger partial charge in [0.05, 0.1) is 17.7 Å². The molecule has 1 saturated carbocycles. The Kier molecular flexibility index (Phi) is 6.25. The van der Waals surface area contributed by atoms with E-state index in [2.05, 4.69) is 16.0 Å². The lowest BCUT2D eigenvalue weighted by molar-refractivity contribution is 0.102. The summed E-state index contributed by atoms with van der Waals surface area (Å²) in [5.74, 6) is -0.333. The molecular formula is C21H22N4O3. The number of benzene rings is 2. The fraction of sp³-hybridized carbons (Fsp3) is 0.286. The molecule has 1 aliphatic rings. The van der Waals surface area contributed by atoms with Crippen molar-refractivity contribution >= 4 is 23.3 Å². The van der Waals surface area contributed by atoms with Crippen molar-refractivity contribution in [3.63, 3.8) is 0 Å². The number of rotatable bonds is 4. The number of hydrogen-bond donors (Lipinski definition) is 4. The highest BCUT2D eigenvalue weighted by Crippen LogP contribution is 2.19. The maximum absolute atomic E-state index is 12.5. The Balaban J connectivity index is 1.59. The molecule has 2 aromatic rings. The van der Waals surface area contributed by atoms with Gasteiger partial charge < -0.3 is 21.1 Å². The number of amides is 3. The molecular weight excluding hydrogens is 356 g/mol. The zero-order valence-corrected chi connectivity index (χ0v) is 15.3. The summed E-state index contributed by atoms with van der Waals surface area (Å²) in [4.78, 5) is 24.6. The summed E-state index contributed by atoms with van der Waals surface area (Å²) in [6.07, 6.45) is 2.60. The van der Waals surface area contributed by atoms with Gasteiger partial charge in [0.15, 0.2) is 0 Å². The van der Waals surface area contributed by atoms with Gasteiger partial charge in [-0.3, -0.25) is 4.79 Å². The standard InChI is InChI=1S/C21H22N4O3/c22-13-14-3-1-5-17(11-14)23-20(27)15-4-2-6-18(12-15)25-21(28)24-16-7-9-19(26)10-8-16/h1-6,11-12,16,19,26H,7-10H2,(H,23,27)(H2,24,25,28). The molecule has 7 heteroatoms. The van der Waals surface area contributed by atoms with Crippen LogP contribution in [0.5, 0.6) is 0 Å². The predicted octanol–water partition coefficient (Wildman–Crippen LogP) is 3.24. The molecule has 3 rings (SSSR count). The average Bonchev–Trinajstić information content (AvgIpc) is 2.70. The van der Waals surface area contributed by atoms with Crippen molar-refractivity contribution in [1.82, 2.24) is 5.32 Å². The number of nitrogens with one attached hydrogen (secondary N) is 3. The zero-order valence-electron chi connectivity index (χ0n) is 15.3. The number of aliphatic hydroxyl groups is 1. The van der Waals surface area contributed by atoms with Crippen molar-refractivity contribution in [2.75, 3.05) is 10.6 Å². The molecule has 4 N–H and O–H groups in total. The largest absolute Gasteiger partial charge is 0.393 e. The smallest absolute Gasteiger partial charge is 0.319 e. The van der Waals surface area contributed by atoms with E-state index in [-0.39, 0.29) is 24.1 Å². The molecule has 0 bridgehead atoms. The molecule has 1 fully saturated rings. The summed E-state index contributed by atoms with van der Waals surface area (Å²) in [7, 11) is 0. The quantitative estimate of drug-likeness (QED) is 0.654. The summed E-state index contributed by atoms with van der Waals surface area (Å²) in [6, 6.07) is 15.0. The van der Waals surface area contributed by atoms with Crippen LogP contribution in [0.2, 0.25) is 0 Å². The third-order valence-corrected chi connectivity index (χ3v) is 4.66. The average molecular weight is 378 g/mol. The first kappa shape index (κ1) is 19.4. The van der Waals surface area contributed by atoms with Gasteiger partial charge in [0.25, 0.3) is 5.91 Å². The normalized spacial score (nSPS) is 18.6. The fourth-order valence-corrected chi connectivity index (χ4v) is 3.18. The molecule has 3 amide bonds. The first-order valence-corrected chi connectivity index (χ1v) is 9.20. The monoisotopic (exact) mass is 378 g/mol. The van der Waals surface area contributed by atoms with Gasteiger partial charge in [-0.15, -0.1) is 0 Å². The van der Waals surface area contributed by atoms with Gasteiger partial charge in [0.2, 0.25) is 0 Å². The molecule has 0 saturated heterocycles. The molecule has 0 unspecified atom stereocenters. The van der Waals surface area contributed by atoms with Gasteiger partial charge in [0.1, 0.15) is 0 Å². The van der Waals surface area contributed by atoms with Crippen molar-refractivity contribution in [3.05, 3.63) is 59.7 Å². The summed E-state index contributed by atoms with van der Waals surface area (Å²) in [5, 5.41) is 26.9. The van der Waals surface area contributed by atoms with E-state index >= 15 is 0 Å². The van der Waals surface area contributed by atoms with Crippen molar-refractivity contribution in [2.45, 2.75) is 37.8 Å². The maximum Gasteiger partial charge on any atom is 0.319 e. The van der Waals surface area contributed by atoms with Crippen LogP contribution in [0.25, 0.3) is 0 Å². The summed E-state index contributed by atoms with van der Waals surface area (Å²) >= 11 is 0. The number of aliphatic hydroxyl groups excluding tert-OH is 1. The van der Waals surface area contributed by atoms with Crippen LogP contribution in [0, 0.1) is 11.3 Å². The van der Waals surface area contributed by atoms with Crippen LogP contribution in [0.15, 0.2) is 48.5 Å². The Bertz CT molecular complexity index is 899. The number of carbonyl (C=O) groups is 2. The minimum Gasteiger partial charge on any atom is -0.393 e. The van der Waals surface area contributed by atoms with E-state index in [0.29, 0.717) is 35.3 Å². The number of urea groups is 1. The van der Waals surface area contributed by atoms with E-state index < -0.39 is 0 Å². The van der Waals surface area contributed by atoms with Crippen LogP contribution in [0.4, 0.5) is 16.2 Å². The summed E-state index contributed by atoms with van der Waals surface area (Å²) in [6.45, 7) is 0. The number of carbonyl (C=O) groups excluding carboxylic acids is 2. The van der Waals surface area contributed by atoms with Crippen molar-refractivity contribution in [3.8, 4) is 6.07 Å². The van der Waals surface area contributed by atoms with Crippen molar-refractivity contribution < 1.29 is 14.7 Å². The van der Waals surface area contributed by atoms with E-state index in [1.807, 2.05) is 6.07 Å². The van der Waals surface area contributed by atoms with Gasteiger partial charge in [-0.2, -0.15) is 5.26 Å². The van der Waals surface area contributed by atoms with Gasteiger partial charge in [-0.1, -0.05) is 12.1 Å². The topological polar surface area (TPSA) is 114 Å². The molecule has 0 heterocycles. The first-order chi connectivity index (χ1) is 13.5. The number of nitriles is 1. The third kappa shape index (κ3) is 5.32. The summed E-state index contributed by atoms with van der Waals surface area (Å²) < 4.78 is 0. The lowest BCUT2D eigenvalue weighted by Gasteiger charge is -2.26. The highest BCUT2D eigenvalue weighted by atomic mass is 16.3. The molecule has 28 heavy (non-hydrogen) atoms. The Hall–Kier alpha value is -3.37. The molecule has 0 aliphatic heterocycles. The van der Waals surface area contributed by atoms with Crippen LogP contribution in [0.1, 0.15) is 41.6 Å². The van der Waals surface area contributed by atoms with Crippen LogP contribution < -0.4 is 16.0 Å². The van der Waals surface area contributed by atoms with E-state index in [0.717, 1.165) is 12.8 Å². The van der Waals surface area contributed by atoms with E-state index in [1.165, 1.54) is 0 Å². The van der Waals surface area contributed by atoms with E-state index in [1.54, 1.807) is 48.5 Å². The molecule has 0 radical (unpaired) electrons. The Labute approximate surface area is 163 Å². The predicted molar refractivity (Wildman–Crippen MR) is 106 cm³/mol. The van der Waals surface area contributed by atoms with Gasteiger partial charge >= 0.3 is 6.03 Å². The highest BCUT2D eigenvalue weighted by molar-refractivity contribution is 6.05. The van der Waals surface area contributed by atoms with Crippen molar-refractivity contribution in [2.24, 2.45) is 0 Å². The zero-order chi connectivity index (χ0) is 19.9. The second-order valence-corrected chi connectivity index (χ2v) is 6.83. The lowest BCUT2D eigenvalue weighted by atomic mass is 9.93. The summed E-state index contributed by atoms with van der Waals surface area (Å²) in [5.41, 5.74) is 1.88. The second kappa shape index (κ2) is 9.02. The second-order valence-electron chi connectivity index (χ2n) is 6.83. The van der Waals surface area contributed by atoms with Crippen LogP contribution in [-0.2, 0) is 0 Å². The molecule has 144 valence electrons. The Morgan fingerprint density at radius 3 is 2.36 bits per heavy atom. The van der Waals surface area contributed by atoms with Crippen LogP contribution in [0.3, 0.4) is 0 Å².